The van der Waals surface area contributed by atoms with Gasteiger partial charge in [0.05, 0.1) is 5.84 Å². The fraction of sp³-hybridized carbons (Fsp3) is 0.833. The molecule has 9 heavy (non-hydrogen) atoms. The van der Waals surface area contributed by atoms with E-state index in [0.29, 0.717) is 5.84 Å². The third-order valence-corrected chi connectivity index (χ3v) is 2.64. The molecule has 5 N–H and O–H groups in total. The van der Waals surface area contributed by atoms with Gasteiger partial charge in [-0.1, -0.05) is 0 Å². The third-order valence-electron chi connectivity index (χ3n) is 2.64. The van der Waals surface area contributed by atoms with Crippen molar-refractivity contribution in [3.63, 3.8) is 0 Å². The summed E-state index contributed by atoms with van der Waals surface area (Å²) >= 11 is 0. The van der Waals surface area contributed by atoms with Crippen molar-refractivity contribution in [3.8, 4) is 0 Å². The Morgan fingerprint density at radius 3 is 1.89 bits per heavy atom. The Morgan fingerprint density at radius 1 is 1.33 bits per heavy atom. The van der Waals surface area contributed by atoms with Crippen molar-refractivity contribution in [2.75, 3.05) is 0 Å². The van der Waals surface area contributed by atoms with Crippen LogP contribution in [0.1, 0.15) is 19.3 Å². The largest absolute Gasteiger partial charge is 0.387 e. The van der Waals surface area contributed by atoms with Gasteiger partial charge in [-0.3, -0.25) is 5.41 Å². The van der Waals surface area contributed by atoms with Crippen molar-refractivity contribution in [1.29, 1.82) is 5.41 Å². The number of hydrogen-bond donors (Lipinski definition) is 3. The van der Waals surface area contributed by atoms with Gasteiger partial charge in [-0.05, 0) is 19.3 Å². The van der Waals surface area contributed by atoms with Crippen LogP contribution in [-0.2, 0) is 0 Å². The normalized spacial score (nSPS) is 53.4. The van der Waals surface area contributed by atoms with Gasteiger partial charge in [-0.2, -0.15) is 0 Å². The Kier molecular flexibility index (Phi) is 0.588. The zero-order valence-electron chi connectivity index (χ0n) is 5.28. The van der Waals surface area contributed by atoms with E-state index in [2.05, 4.69) is 0 Å². The van der Waals surface area contributed by atoms with E-state index in [0.717, 1.165) is 19.3 Å². The van der Waals surface area contributed by atoms with Crippen LogP contribution in [0.4, 0.5) is 0 Å². The zero-order valence-corrected chi connectivity index (χ0v) is 5.28. The Morgan fingerprint density at radius 2 is 1.78 bits per heavy atom. The summed E-state index contributed by atoms with van der Waals surface area (Å²) in [4.78, 5) is 0. The van der Waals surface area contributed by atoms with Crippen LogP contribution in [0, 0.1) is 10.8 Å². The maximum absolute atomic E-state index is 7.20. The number of nitrogens with two attached hydrogens (primary N) is 2. The molecular weight excluding hydrogens is 114 g/mol. The highest BCUT2D eigenvalue weighted by atomic mass is 15.0. The Balaban J connectivity index is 2.13. The molecule has 2 bridgehead atoms. The minimum atomic E-state index is 0.0642. The quantitative estimate of drug-likeness (QED) is 0.335. The lowest BCUT2D eigenvalue weighted by Gasteiger charge is -2.68. The lowest BCUT2D eigenvalue weighted by atomic mass is 9.39. The first-order chi connectivity index (χ1) is 4.06. The van der Waals surface area contributed by atoms with Crippen LogP contribution < -0.4 is 11.5 Å². The van der Waals surface area contributed by atoms with Crippen molar-refractivity contribution in [2.45, 2.75) is 24.8 Å². The first kappa shape index (κ1) is 5.23. The average molecular weight is 125 g/mol. The lowest BCUT2D eigenvalue weighted by molar-refractivity contribution is -0.0730. The molecule has 3 saturated carbocycles. The number of amidine groups is 1. The fourth-order valence-corrected chi connectivity index (χ4v) is 2.15. The van der Waals surface area contributed by atoms with Crippen LogP contribution in [0.3, 0.4) is 0 Å². The lowest BCUT2D eigenvalue weighted by Crippen LogP contribution is -2.75. The summed E-state index contributed by atoms with van der Waals surface area (Å²) in [5.41, 5.74) is 11.3. The van der Waals surface area contributed by atoms with Gasteiger partial charge in [0, 0.05) is 11.0 Å². The Labute approximate surface area is 53.9 Å². The predicted octanol–water partition coefficient (Wildman–Crippen LogP) is -0.196. The van der Waals surface area contributed by atoms with E-state index >= 15 is 0 Å². The highest BCUT2D eigenvalue weighted by Crippen LogP contribution is 2.65. The molecule has 0 aliphatic heterocycles. The second-order valence-corrected chi connectivity index (χ2v) is 3.59. The van der Waals surface area contributed by atoms with E-state index in [1.54, 1.807) is 0 Å². The standard InChI is InChI=1S/C6H11N3/c7-4(8)5-1-6(9,2-5)3-5/h1-3,9H2,(H3,7,8). The van der Waals surface area contributed by atoms with Crippen LogP contribution in [0.15, 0.2) is 0 Å². The van der Waals surface area contributed by atoms with Crippen LogP contribution in [0.5, 0.6) is 0 Å². The van der Waals surface area contributed by atoms with Crippen LogP contribution in [0.25, 0.3) is 0 Å². The fourth-order valence-electron chi connectivity index (χ4n) is 2.15. The van der Waals surface area contributed by atoms with Gasteiger partial charge in [-0.15, -0.1) is 0 Å². The topological polar surface area (TPSA) is 75.9 Å². The van der Waals surface area contributed by atoms with E-state index in [1.165, 1.54) is 0 Å². The number of rotatable bonds is 1. The molecule has 3 heteroatoms. The first-order valence-corrected chi connectivity index (χ1v) is 3.20. The molecule has 0 heterocycles. The summed E-state index contributed by atoms with van der Waals surface area (Å²) < 4.78 is 0. The van der Waals surface area contributed by atoms with E-state index in [-0.39, 0.29) is 11.0 Å². The molecule has 0 aromatic heterocycles. The van der Waals surface area contributed by atoms with Crippen molar-refractivity contribution < 1.29 is 0 Å². The predicted molar refractivity (Wildman–Crippen MR) is 35.1 cm³/mol. The minimum Gasteiger partial charge on any atom is -0.387 e. The first-order valence-electron chi connectivity index (χ1n) is 3.20. The molecule has 0 amide bonds. The smallest absolute Gasteiger partial charge is 0.0970 e. The molecule has 0 unspecified atom stereocenters. The van der Waals surface area contributed by atoms with Crippen molar-refractivity contribution in [2.24, 2.45) is 16.9 Å². The highest BCUT2D eigenvalue weighted by Gasteiger charge is 2.67. The molecule has 3 rings (SSSR count). The van der Waals surface area contributed by atoms with Gasteiger partial charge in [0.15, 0.2) is 0 Å². The number of nitrogens with one attached hydrogen (secondary N) is 1. The summed E-state index contributed by atoms with van der Waals surface area (Å²) in [5.74, 6) is 0.342. The van der Waals surface area contributed by atoms with Gasteiger partial charge in [0.1, 0.15) is 0 Å². The van der Waals surface area contributed by atoms with Crippen molar-refractivity contribution in [1.82, 2.24) is 0 Å². The van der Waals surface area contributed by atoms with Gasteiger partial charge in [0.25, 0.3) is 0 Å². The van der Waals surface area contributed by atoms with Gasteiger partial charge >= 0.3 is 0 Å². The number of hydrogen-bond acceptors (Lipinski definition) is 2. The second-order valence-electron chi connectivity index (χ2n) is 3.59. The maximum Gasteiger partial charge on any atom is 0.0970 e. The second kappa shape index (κ2) is 1.01. The molecule has 0 atom stereocenters. The SMILES string of the molecule is N=C(N)C12CC(N)(C1)C2. The molecule has 3 fully saturated rings. The summed E-state index contributed by atoms with van der Waals surface area (Å²) in [6.07, 6.45) is 2.86. The molecule has 3 aliphatic carbocycles. The van der Waals surface area contributed by atoms with Crippen LogP contribution in [-0.4, -0.2) is 11.4 Å². The van der Waals surface area contributed by atoms with Crippen molar-refractivity contribution >= 4 is 5.84 Å². The van der Waals surface area contributed by atoms with E-state index in [9.17, 15) is 0 Å². The molecule has 0 aromatic carbocycles. The minimum absolute atomic E-state index is 0.0642. The summed E-state index contributed by atoms with van der Waals surface area (Å²) in [6.45, 7) is 0. The molecule has 0 radical (unpaired) electrons. The van der Waals surface area contributed by atoms with Gasteiger partial charge in [-0.25, -0.2) is 0 Å². The van der Waals surface area contributed by atoms with E-state index in [1.807, 2.05) is 0 Å². The van der Waals surface area contributed by atoms with Crippen molar-refractivity contribution in [3.05, 3.63) is 0 Å². The van der Waals surface area contributed by atoms with Gasteiger partial charge < -0.3 is 11.5 Å². The molecule has 0 saturated heterocycles. The van der Waals surface area contributed by atoms with Gasteiger partial charge in [0.2, 0.25) is 0 Å². The molecule has 3 nitrogen and oxygen atoms in total. The summed E-state index contributed by atoms with van der Waals surface area (Å²) in [5, 5.41) is 7.20. The average Bonchev–Trinajstić information content (AvgIpc) is 1.54. The zero-order chi connectivity index (χ0) is 6.70. The summed E-state index contributed by atoms with van der Waals surface area (Å²) in [6, 6.07) is 0. The molecular formula is C6H11N3. The Hall–Kier alpha value is -0.570. The monoisotopic (exact) mass is 125 g/mol. The highest BCUT2D eigenvalue weighted by molar-refractivity contribution is 5.87. The molecule has 0 aromatic rings. The Bertz CT molecular complexity index is 165. The van der Waals surface area contributed by atoms with E-state index in [4.69, 9.17) is 16.9 Å². The van der Waals surface area contributed by atoms with Crippen LogP contribution >= 0.6 is 0 Å². The molecule has 3 aliphatic rings. The van der Waals surface area contributed by atoms with Crippen LogP contribution in [0.2, 0.25) is 0 Å². The third kappa shape index (κ3) is 0.399. The maximum atomic E-state index is 7.20. The summed E-state index contributed by atoms with van der Waals surface area (Å²) in [7, 11) is 0. The molecule has 0 spiro atoms. The van der Waals surface area contributed by atoms with E-state index < -0.39 is 0 Å². The molecule has 50 valence electrons.